The van der Waals surface area contributed by atoms with Gasteiger partial charge in [0.2, 0.25) is 0 Å². The predicted octanol–water partition coefficient (Wildman–Crippen LogP) is 5.53. The molecule has 0 radical (unpaired) electrons. The van der Waals surface area contributed by atoms with Gasteiger partial charge >= 0.3 is 0 Å². The van der Waals surface area contributed by atoms with E-state index >= 15 is 0 Å². The summed E-state index contributed by atoms with van der Waals surface area (Å²) in [7, 11) is 0. The zero-order valence-corrected chi connectivity index (χ0v) is 13.6. The number of hydrogen-bond acceptors (Lipinski definition) is 1. The number of hydrogen-bond donors (Lipinski definition) is 1. The second-order valence-electron chi connectivity index (χ2n) is 5.06. The lowest BCUT2D eigenvalue weighted by molar-refractivity contribution is 0.547. The molecule has 112 valence electrons. The van der Waals surface area contributed by atoms with Crippen LogP contribution in [0.25, 0.3) is 0 Å². The van der Waals surface area contributed by atoms with Crippen LogP contribution in [0.3, 0.4) is 0 Å². The van der Waals surface area contributed by atoms with Crippen molar-refractivity contribution in [1.29, 1.82) is 0 Å². The Bertz CT molecular complexity index is 628. The third-order valence-corrected chi connectivity index (χ3v) is 4.04. The minimum Gasteiger partial charge on any atom is -0.306 e. The van der Waals surface area contributed by atoms with Gasteiger partial charge in [-0.2, -0.15) is 0 Å². The van der Waals surface area contributed by atoms with Gasteiger partial charge in [0.15, 0.2) is 0 Å². The fraction of sp³-hybridized carbons (Fsp3) is 0.294. The molecule has 21 heavy (non-hydrogen) atoms. The lowest BCUT2D eigenvalue weighted by Gasteiger charge is -2.21. The molecule has 0 aromatic heterocycles. The second kappa shape index (κ2) is 7.26. The van der Waals surface area contributed by atoms with Gasteiger partial charge in [0.05, 0.1) is 6.04 Å². The lowest BCUT2D eigenvalue weighted by Crippen LogP contribution is -2.24. The molecule has 0 bridgehead atoms. The molecule has 1 unspecified atom stereocenters. The molecule has 1 nitrogen and oxygen atoms in total. The Labute approximate surface area is 135 Å². The highest BCUT2D eigenvalue weighted by molar-refractivity contribution is 6.31. The summed E-state index contributed by atoms with van der Waals surface area (Å²) in [6.07, 6.45) is 0.964. The van der Waals surface area contributed by atoms with Gasteiger partial charge < -0.3 is 5.32 Å². The van der Waals surface area contributed by atoms with Gasteiger partial charge in [-0.05, 0) is 49.2 Å². The summed E-state index contributed by atoms with van der Waals surface area (Å²) in [6, 6.07) is 10.3. The maximum absolute atomic E-state index is 14.2. The Kier molecular flexibility index (Phi) is 5.63. The summed E-state index contributed by atoms with van der Waals surface area (Å²) in [5, 5.41) is 4.45. The van der Waals surface area contributed by atoms with Crippen molar-refractivity contribution in [3.05, 3.63) is 69.0 Å². The molecule has 2 rings (SSSR count). The number of rotatable bonds is 5. The van der Waals surface area contributed by atoms with Gasteiger partial charge in [0.25, 0.3) is 0 Å². The van der Waals surface area contributed by atoms with Crippen molar-refractivity contribution < 1.29 is 4.39 Å². The van der Waals surface area contributed by atoms with Crippen LogP contribution < -0.4 is 5.32 Å². The highest BCUT2D eigenvalue weighted by atomic mass is 35.5. The molecule has 0 heterocycles. The van der Waals surface area contributed by atoms with E-state index < -0.39 is 0 Å². The standard InChI is InChI=1S/C17H18Cl2FN/c1-3-8-21-17(12-5-4-11(2)15(19)9-12)14-7-6-13(18)10-16(14)20/h4-7,9-10,17,21H,3,8H2,1-2H3. The summed E-state index contributed by atoms with van der Waals surface area (Å²) in [4.78, 5) is 0. The number of halogens is 3. The molecule has 0 aliphatic carbocycles. The van der Waals surface area contributed by atoms with Crippen molar-refractivity contribution in [3.63, 3.8) is 0 Å². The van der Waals surface area contributed by atoms with E-state index in [0.29, 0.717) is 15.6 Å². The zero-order valence-electron chi connectivity index (χ0n) is 12.1. The minimum atomic E-state index is -0.312. The van der Waals surface area contributed by atoms with E-state index in [2.05, 4.69) is 12.2 Å². The molecule has 1 N–H and O–H groups in total. The molecule has 2 aromatic rings. The molecule has 0 amide bonds. The normalized spacial score (nSPS) is 12.4. The van der Waals surface area contributed by atoms with E-state index in [4.69, 9.17) is 23.2 Å². The molecule has 0 saturated carbocycles. The van der Waals surface area contributed by atoms with Crippen LogP contribution in [0.5, 0.6) is 0 Å². The first-order valence-corrected chi connectivity index (χ1v) is 7.73. The molecular formula is C17H18Cl2FN. The molecule has 0 fully saturated rings. The van der Waals surface area contributed by atoms with Gasteiger partial charge in [0.1, 0.15) is 5.82 Å². The smallest absolute Gasteiger partial charge is 0.129 e. The number of benzene rings is 2. The molecule has 0 aliphatic rings. The van der Waals surface area contributed by atoms with Crippen molar-refractivity contribution in [2.45, 2.75) is 26.3 Å². The zero-order chi connectivity index (χ0) is 15.4. The van der Waals surface area contributed by atoms with Gasteiger partial charge in [-0.1, -0.05) is 48.3 Å². The first kappa shape index (κ1) is 16.3. The van der Waals surface area contributed by atoms with Crippen molar-refractivity contribution in [3.8, 4) is 0 Å². The average Bonchev–Trinajstić information content (AvgIpc) is 2.44. The van der Waals surface area contributed by atoms with E-state index in [-0.39, 0.29) is 11.9 Å². The fourth-order valence-corrected chi connectivity index (χ4v) is 2.57. The molecule has 1 atom stereocenters. The number of nitrogens with one attached hydrogen (secondary N) is 1. The summed E-state index contributed by atoms with van der Waals surface area (Å²) in [6.45, 7) is 4.81. The summed E-state index contributed by atoms with van der Waals surface area (Å²) < 4.78 is 14.2. The monoisotopic (exact) mass is 325 g/mol. The van der Waals surface area contributed by atoms with Crippen LogP contribution in [0.15, 0.2) is 36.4 Å². The van der Waals surface area contributed by atoms with E-state index in [9.17, 15) is 4.39 Å². The molecule has 0 aliphatic heterocycles. The molecule has 2 aromatic carbocycles. The van der Waals surface area contributed by atoms with Gasteiger partial charge in [-0.25, -0.2) is 4.39 Å². The Morgan fingerprint density at radius 1 is 1.14 bits per heavy atom. The van der Waals surface area contributed by atoms with E-state index in [0.717, 1.165) is 24.1 Å². The van der Waals surface area contributed by atoms with Crippen LogP contribution >= 0.6 is 23.2 Å². The Balaban J connectivity index is 2.44. The molecule has 0 saturated heterocycles. The fourth-order valence-electron chi connectivity index (χ4n) is 2.22. The highest BCUT2D eigenvalue weighted by Gasteiger charge is 2.18. The van der Waals surface area contributed by atoms with Crippen LogP contribution in [-0.2, 0) is 0 Å². The van der Waals surface area contributed by atoms with Crippen molar-refractivity contribution in [2.75, 3.05) is 6.54 Å². The van der Waals surface area contributed by atoms with E-state index in [1.807, 2.05) is 25.1 Å². The highest BCUT2D eigenvalue weighted by Crippen LogP contribution is 2.29. The van der Waals surface area contributed by atoms with Crippen molar-refractivity contribution >= 4 is 23.2 Å². The van der Waals surface area contributed by atoms with Crippen LogP contribution in [0.2, 0.25) is 10.0 Å². The second-order valence-corrected chi connectivity index (χ2v) is 5.91. The maximum Gasteiger partial charge on any atom is 0.129 e. The lowest BCUT2D eigenvalue weighted by atomic mass is 9.97. The summed E-state index contributed by atoms with van der Waals surface area (Å²) in [5.74, 6) is -0.312. The Morgan fingerprint density at radius 2 is 1.90 bits per heavy atom. The van der Waals surface area contributed by atoms with Gasteiger partial charge in [0, 0.05) is 15.6 Å². The van der Waals surface area contributed by atoms with E-state index in [1.54, 1.807) is 12.1 Å². The van der Waals surface area contributed by atoms with Gasteiger partial charge in [-0.15, -0.1) is 0 Å². The molecule has 0 spiro atoms. The summed E-state index contributed by atoms with van der Waals surface area (Å²) in [5.41, 5.74) is 2.53. The predicted molar refractivity (Wildman–Crippen MR) is 87.7 cm³/mol. The third-order valence-electron chi connectivity index (χ3n) is 3.40. The average molecular weight is 326 g/mol. The number of aryl methyl sites for hydroxylation is 1. The van der Waals surface area contributed by atoms with Crippen LogP contribution in [-0.4, -0.2) is 6.54 Å². The molecular weight excluding hydrogens is 308 g/mol. The SMILES string of the molecule is CCCNC(c1ccc(C)c(Cl)c1)c1ccc(Cl)cc1F. The van der Waals surface area contributed by atoms with E-state index in [1.165, 1.54) is 6.07 Å². The Morgan fingerprint density at radius 3 is 2.52 bits per heavy atom. The van der Waals surface area contributed by atoms with Crippen LogP contribution in [0.4, 0.5) is 4.39 Å². The topological polar surface area (TPSA) is 12.0 Å². The summed E-state index contributed by atoms with van der Waals surface area (Å²) >= 11 is 12.0. The minimum absolute atomic E-state index is 0.236. The molecule has 4 heteroatoms. The van der Waals surface area contributed by atoms with Crippen molar-refractivity contribution in [2.24, 2.45) is 0 Å². The van der Waals surface area contributed by atoms with Gasteiger partial charge in [-0.3, -0.25) is 0 Å². The maximum atomic E-state index is 14.2. The Hall–Kier alpha value is -1.09. The first-order valence-electron chi connectivity index (χ1n) is 6.97. The van der Waals surface area contributed by atoms with Crippen LogP contribution in [0.1, 0.15) is 36.1 Å². The quantitative estimate of drug-likeness (QED) is 0.762. The van der Waals surface area contributed by atoms with Crippen molar-refractivity contribution in [1.82, 2.24) is 5.32 Å². The van der Waals surface area contributed by atoms with Crippen LogP contribution in [0, 0.1) is 12.7 Å². The third kappa shape index (κ3) is 3.97. The first-order chi connectivity index (χ1) is 10.0. The largest absolute Gasteiger partial charge is 0.306 e.